The van der Waals surface area contributed by atoms with Gasteiger partial charge < -0.3 is 14.8 Å². The van der Waals surface area contributed by atoms with E-state index in [1.54, 1.807) is 24.3 Å². The first kappa shape index (κ1) is 20.4. The summed E-state index contributed by atoms with van der Waals surface area (Å²) in [7, 11) is 0. The molecular weight excluding hydrogens is 378 g/mol. The largest absolute Gasteiger partial charge is 0.340 e. The molecule has 4 rings (SSSR count). The third kappa shape index (κ3) is 4.18. The highest BCUT2D eigenvalue weighted by atomic mass is 16.2. The number of pyridine rings is 1. The van der Waals surface area contributed by atoms with Crippen LogP contribution in [0.3, 0.4) is 0 Å². The number of carbonyl (C=O) groups excluding carboxylic acids is 2. The standard InChI is InChI=1S/C24H29N3O3/c1-16(2)11-20(25-23(29)18-7-4-3-5-8-18)24(30)26-13-17-12-19(15-26)21-9-6-10-22(28)27(21)14-17/h3-10,16-17,19-20H,11-15H2,1-2H3,(H,25,29)/t17-,19+,20?/m0/s1. The Bertz CT molecular complexity index is 983. The monoisotopic (exact) mass is 407 g/mol. The van der Waals surface area contributed by atoms with Gasteiger partial charge in [0.1, 0.15) is 6.04 Å². The zero-order valence-electron chi connectivity index (χ0n) is 17.6. The zero-order chi connectivity index (χ0) is 21.3. The Kier molecular flexibility index (Phi) is 5.75. The summed E-state index contributed by atoms with van der Waals surface area (Å²) in [5, 5.41) is 2.97. The van der Waals surface area contributed by atoms with Gasteiger partial charge in [-0.1, -0.05) is 38.1 Å². The summed E-state index contributed by atoms with van der Waals surface area (Å²) in [6.07, 6.45) is 1.59. The number of hydrogen-bond acceptors (Lipinski definition) is 3. The highest BCUT2D eigenvalue weighted by Gasteiger charge is 2.38. The van der Waals surface area contributed by atoms with Gasteiger partial charge in [-0.05, 0) is 42.9 Å². The predicted molar refractivity (Wildman–Crippen MR) is 115 cm³/mol. The number of benzene rings is 1. The Balaban J connectivity index is 1.52. The number of hydrogen-bond donors (Lipinski definition) is 1. The van der Waals surface area contributed by atoms with Crippen LogP contribution in [0.2, 0.25) is 0 Å². The van der Waals surface area contributed by atoms with Crippen LogP contribution in [-0.4, -0.2) is 40.4 Å². The molecule has 158 valence electrons. The number of aromatic nitrogens is 1. The van der Waals surface area contributed by atoms with E-state index in [0.29, 0.717) is 31.6 Å². The fraction of sp³-hybridized carbons (Fsp3) is 0.458. The number of likely N-dealkylation sites (tertiary alicyclic amines) is 1. The van der Waals surface area contributed by atoms with Crippen molar-refractivity contribution in [2.75, 3.05) is 13.1 Å². The van der Waals surface area contributed by atoms with E-state index in [9.17, 15) is 14.4 Å². The minimum Gasteiger partial charge on any atom is -0.340 e. The van der Waals surface area contributed by atoms with E-state index in [1.165, 1.54) is 0 Å². The van der Waals surface area contributed by atoms with E-state index >= 15 is 0 Å². The summed E-state index contributed by atoms with van der Waals surface area (Å²) in [4.78, 5) is 40.3. The molecule has 1 unspecified atom stereocenters. The Morgan fingerprint density at radius 2 is 1.80 bits per heavy atom. The summed E-state index contributed by atoms with van der Waals surface area (Å²) in [6, 6.07) is 13.9. The third-order valence-corrected chi connectivity index (χ3v) is 6.14. The fourth-order valence-corrected chi connectivity index (χ4v) is 4.82. The van der Waals surface area contributed by atoms with E-state index in [-0.39, 0.29) is 35.1 Å². The Hall–Kier alpha value is -2.89. The lowest BCUT2D eigenvalue weighted by Crippen LogP contribution is -2.55. The number of fused-ring (bicyclic) bond motifs is 4. The van der Waals surface area contributed by atoms with Gasteiger partial charge >= 0.3 is 0 Å². The summed E-state index contributed by atoms with van der Waals surface area (Å²) >= 11 is 0. The van der Waals surface area contributed by atoms with Crippen molar-refractivity contribution in [3.63, 3.8) is 0 Å². The van der Waals surface area contributed by atoms with Crippen LogP contribution in [0.4, 0.5) is 0 Å². The van der Waals surface area contributed by atoms with E-state index in [4.69, 9.17) is 0 Å². The molecule has 2 aliphatic rings. The number of nitrogens with zero attached hydrogens (tertiary/aromatic N) is 2. The highest BCUT2D eigenvalue weighted by molar-refractivity contribution is 5.97. The molecule has 2 bridgehead atoms. The minimum atomic E-state index is -0.547. The van der Waals surface area contributed by atoms with Crippen LogP contribution in [0.1, 0.15) is 48.7 Å². The molecule has 2 aliphatic heterocycles. The summed E-state index contributed by atoms with van der Waals surface area (Å²) in [5.41, 5.74) is 1.61. The SMILES string of the molecule is CC(C)CC(NC(=O)c1ccccc1)C(=O)N1C[C@@H]2C[C@H](C1)c1cccc(=O)n1C2. The first-order valence-corrected chi connectivity index (χ1v) is 10.8. The number of carbonyl (C=O) groups is 2. The maximum absolute atomic E-state index is 13.5. The van der Waals surface area contributed by atoms with Crippen LogP contribution >= 0.6 is 0 Å². The molecule has 0 spiro atoms. The molecule has 1 saturated heterocycles. The van der Waals surface area contributed by atoms with Crippen molar-refractivity contribution in [2.45, 2.75) is 45.2 Å². The Morgan fingerprint density at radius 3 is 2.53 bits per heavy atom. The van der Waals surface area contributed by atoms with Crippen LogP contribution in [0, 0.1) is 11.8 Å². The molecule has 0 radical (unpaired) electrons. The quantitative estimate of drug-likeness (QED) is 0.828. The van der Waals surface area contributed by atoms with Gasteiger partial charge in [0, 0.05) is 42.9 Å². The zero-order valence-corrected chi connectivity index (χ0v) is 17.6. The lowest BCUT2D eigenvalue weighted by atomic mass is 9.82. The Morgan fingerprint density at radius 1 is 1.03 bits per heavy atom. The molecule has 1 N–H and O–H groups in total. The molecule has 1 aromatic carbocycles. The Labute approximate surface area is 176 Å². The molecular formula is C24H29N3O3. The molecule has 3 atom stereocenters. The van der Waals surface area contributed by atoms with E-state index in [2.05, 4.69) is 19.2 Å². The van der Waals surface area contributed by atoms with Crippen LogP contribution in [0.15, 0.2) is 53.3 Å². The second-order valence-corrected chi connectivity index (χ2v) is 8.96. The normalized spacial score (nSPS) is 21.1. The van der Waals surface area contributed by atoms with Gasteiger partial charge in [-0.25, -0.2) is 0 Å². The van der Waals surface area contributed by atoms with Gasteiger partial charge in [-0.2, -0.15) is 0 Å². The van der Waals surface area contributed by atoms with Gasteiger partial charge in [0.15, 0.2) is 0 Å². The number of rotatable bonds is 5. The highest BCUT2D eigenvalue weighted by Crippen LogP contribution is 2.35. The summed E-state index contributed by atoms with van der Waals surface area (Å²) in [6.45, 7) is 5.99. The smallest absolute Gasteiger partial charge is 0.251 e. The van der Waals surface area contributed by atoms with Crippen LogP contribution in [-0.2, 0) is 11.3 Å². The molecule has 0 saturated carbocycles. The van der Waals surface area contributed by atoms with Crippen molar-refractivity contribution in [3.8, 4) is 0 Å². The molecule has 3 heterocycles. The second kappa shape index (κ2) is 8.46. The van der Waals surface area contributed by atoms with Crippen molar-refractivity contribution in [2.24, 2.45) is 11.8 Å². The van der Waals surface area contributed by atoms with Crippen molar-refractivity contribution in [3.05, 3.63) is 70.1 Å². The molecule has 0 aliphatic carbocycles. The maximum Gasteiger partial charge on any atom is 0.251 e. The van der Waals surface area contributed by atoms with Crippen molar-refractivity contribution in [1.82, 2.24) is 14.8 Å². The van der Waals surface area contributed by atoms with E-state index < -0.39 is 6.04 Å². The van der Waals surface area contributed by atoms with Crippen molar-refractivity contribution in [1.29, 1.82) is 0 Å². The van der Waals surface area contributed by atoms with Crippen LogP contribution < -0.4 is 10.9 Å². The minimum absolute atomic E-state index is 0.0191. The molecule has 2 aromatic rings. The maximum atomic E-state index is 13.5. The van der Waals surface area contributed by atoms with E-state index in [0.717, 1.165) is 12.1 Å². The predicted octanol–water partition coefficient (Wildman–Crippen LogP) is 2.64. The molecule has 1 fully saturated rings. The summed E-state index contributed by atoms with van der Waals surface area (Å²) in [5.74, 6) is 0.474. The third-order valence-electron chi connectivity index (χ3n) is 6.14. The fourth-order valence-electron chi connectivity index (χ4n) is 4.82. The van der Waals surface area contributed by atoms with Gasteiger partial charge in [0.2, 0.25) is 5.91 Å². The lowest BCUT2D eigenvalue weighted by molar-refractivity contribution is -0.136. The van der Waals surface area contributed by atoms with Crippen LogP contribution in [0.25, 0.3) is 0 Å². The van der Waals surface area contributed by atoms with Gasteiger partial charge in [0.25, 0.3) is 11.5 Å². The van der Waals surface area contributed by atoms with Gasteiger partial charge in [-0.3, -0.25) is 14.4 Å². The molecule has 6 nitrogen and oxygen atoms in total. The van der Waals surface area contributed by atoms with Crippen molar-refractivity contribution >= 4 is 11.8 Å². The van der Waals surface area contributed by atoms with Gasteiger partial charge in [0.05, 0.1) is 0 Å². The second-order valence-electron chi connectivity index (χ2n) is 8.96. The average Bonchev–Trinajstić information content (AvgIpc) is 2.73. The number of piperidine rings is 1. The number of nitrogens with one attached hydrogen (secondary N) is 1. The van der Waals surface area contributed by atoms with Crippen molar-refractivity contribution < 1.29 is 9.59 Å². The first-order valence-electron chi connectivity index (χ1n) is 10.8. The molecule has 30 heavy (non-hydrogen) atoms. The van der Waals surface area contributed by atoms with Crippen LogP contribution in [0.5, 0.6) is 0 Å². The summed E-state index contributed by atoms with van der Waals surface area (Å²) < 4.78 is 1.86. The van der Waals surface area contributed by atoms with Gasteiger partial charge in [-0.15, -0.1) is 0 Å². The average molecular weight is 408 g/mol. The lowest BCUT2D eigenvalue weighted by Gasteiger charge is -2.43. The molecule has 2 amide bonds. The molecule has 1 aromatic heterocycles. The topological polar surface area (TPSA) is 71.4 Å². The molecule has 6 heteroatoms. The first-order chi connectivity index (χ1) is 14.4. The van der Waals surface area contributed by atoms with E-state index in [1.807, 2.05) is 33.7 Å². The number of amides is 2.